The van der Waals surface area contributed by atoms with Crippen molar-refractivity contribution in [3.05, 3.63) is 117 Å². The van der Waals surface area contributed by atoms with Crippen molar-refractivity contribution in [3.8, 4) is 23.0 Å². The third kappa shape index (κ3) is 6.52. The minimum absolute atomic E-state index is 0. The van der Waals surface area contributed by atoms with Gasteiger partial charge >= 0.3 is 0 Å². The zero-order valence-corrected chi connectivity index (χ0v) is 26.7. The maximum Gasteiger partial charge on any atom is 0.260 e. The Morgan fingerprint density at radius 3 is 1.26 bits per heavy atom. The standard InChI is InChI=1S/C28H24O4.C4H8O.Rb/c29-25-17-5-1-6-18(25)14-20-8-3-10-22(27(20)31)16-24-12-4-11-23(28(24)32)15-21-9-2-7-19(13-17)26(21)30;1-2-4-5-3-1;/h1-12,29-32H,13-16H2;1-4H2;. The van der Waals surface area contributed by atoms with Crippen molar-refractivity contribution in [3.63, 3.8) is 0 Å². The molecule has 1 fully saturated rings. The van der Waals surface area contributed by atoms with E-state index in [4.69, 9.17) is 9.84 Å². The molecule has 1 aliphatic carbocycles. The third-order valence-electron chi connectivity index (χ3n) is 7.17. The maximum absolute atomic E-state index is 13.2. The van der Waals surface area contributed by atoms with Crippen LogP contribution in [0.4, 0.5) is 0 Å². The number of hydrogen-bond acceptors (Lipinski definition) is 4. The maximum atomic E-state index is 13.2. The van der Waals surface area contributed by atoms with Gasteiger partial charge in [-0.15, -0.1) is 5.75 Å². The normalized spacial score (nSPS) is 14.1. The fourth-order valence-electron chi connectivity index (χ4n) is 5.06. The van der Waals surface area contributed by atoms with Crippen LogP contribution in [0.1, 0.15) is 57.3 Å². The summed E-state index contributed by atoms with van der Waals surface area (Å²) in [6.07, 6.45) is 4.05. The van der Waals surface area contributed by atoms with E-state index in [9.17, 15) is 15.3 Å². The van der Waals surface area contributed by atoms with Gasteiger partial charge in [-0.05, 0) is 47.2 Å². The summed E-state index contributed by atoms with van der Waals surface area (Å²) in [5, 5.41) is 43.8. The predicted octanol–water partition coefficient (Wildman–Crippen LogP) is 4.70. The summed E-state index contributed by atoms with van der Waals surface area (Å²) in [4.78, 5) is 0. The number of ether oxygens (including phenoxy) is 1. The van der Waals surface area contributed by atoms with Crippen molar-refractivity contribution in [1.29, 1.82) is 0 Å². The van der Waals surface area contributed by atoms with Gasteiger partial charge < -0.3 is 25.2 Å². The van der Waals surface area contributed by atoms with Gasteiger partial charge in [-0.25, -0.2) is 0 Å². The Morgan fingerprint density at radius 1 is 0.553 bits per heavy atom. The van der Waals surface area contributed by atoms with E-state index in [0.29, 0.717) is 53.7 Å². The fourth-order valence-corrected chi connectivity index (χ4v) is 5.06. The Morgan fingerprint density at radius 2 is 0.868 bits per heavy atom. The Balaban J connectivity index is 0.000000504. The molecule has 0 amide bonds. The first-order valence-electron chi connectivity index (χ1n) is 12.8. The van der Waals surface area contributed by atoms with E-state index >= 15 is 0 Å². The van der Waals surface area contributed by atoms with Crippen LogP contribution in [0.2, 0.25) is 0 Å². The zero-order valence-electron chi connectivity index (χ0n) is 21.8. The summed E-state index contributed by atoms with van der Waals surface area (Å²) in [6, 6.07) is 22.3. The summed E-state index contributed by atoms with van der Waals surface area (Å²) in [7, 11) is 0. The smallest absolute Gasteiger partial charge is 0.260 e. The molecule has 4 aromatic rings. The Bertz CT molecular complexity index is 1120. The van der Waals surface area contributed by atoms with Crippen LogP contribution in [-0.2, 0) is 30.4 Å². The molecule has 6 heteroatoms. The van der Waals surface area contributed by atoms with Crippen LogP contribution in [0.25, 0.3) is 0 Å². The van der Waals surface area contributed by atoms with Crippen LogP contribution in [0.3, 0.4) is 0 Å². The van der Waals surface area contributed by atoms with E-state index in [1.807, 2.05) is 66.7 Å². The molecule has 5 nitrogen and oxygen atoms in total. The summed E-state index contributed by atoms with van der Waals surface area (Å²) >= 11 is 0. The van der Waals surface area contributed by atoms with Crippen LogP contribution in [-0.4, -0.2) is 86.7 Å². The summed E-state index contributed by atoms with van der Waals surface area (Å²) < 4.78 is 4.94. The van der Waals surface area contributed by atoms with Crippen molar-refractivity contribution in [2.24, 2.45) is 0 Å². The van der Waals surface area contributed by atoms with Crippen LogP contribution < -0.4 is 5.11 Å². The van der Waals surface area contributed by atoms with Crippen molar-refractivity contribution in [2.75, 3.05) is 13.2 Å². The molecule has 2 aliphatic rings. The number of benzene rings is 4. The Kier molecular flexibility index (Phi) is 10.1. The van der Waals surface area contributed by atoms with Crippen LogP contribution in [0.15, 0.2) is 72.8 Å². The van der Waals surface area contributed by atoms with E-state index in [-0.39, 0.29) is 75.4 Å². The first-order valence-corrected chi connectivity index (χ1v) is 12.8. The van der Waals surface area contributed by atoms with E-state index in [2.05, 4.69) is 0 Å². The second kappa shape index (κ2) is 13.3. The average Bonchev–Trinajstić information content (AvgIpc) is 3.48. The second-order valence-electron chi connectivity index (χ2n) is 9.73. The number of phenolic OH excluding ortho intramolecular Hbond substituents is 2. The number of aromatic hydroxyl groups is 2. The summed E-state index contributed by atoms with van der Waals surface area (Å²) in [5.41, 5.74) is 5.69. The topological polar surface area (TPSA) is 95.7 Å². The molecule has 4 aromatic carbocycles. The quantitative estimate of drug-likeness (QED) is 0.259. The van der Waals surface area contributed by atoms with Gasteiger partial charge in [-0.3, -0.25) is 0 Å². The SMILES string of the molecule is C1CCOC1.[O-]c1c2cccc1Cc1cccc(c1[OH2+])Cc1cccc(c1O)Cc1cccc(c1O)C2.[Rb]. The van der Waals surface area contributed by atoms with Gasteiger partial charge in [0.05, 0.1) is 11.1 Å². The molecular formula is C32H32O5Rb. The number of fused-ring (bicyclic) bond motifs is 8. The second-order valence-corrected chi connectivity index (χ2v) is 9.73. The molecule has 1 heterocycles. The van der Waals surface area contributed by atoms with E-state index in [0.717, 1.165) is 35.5 Å². The molecular weight excluding hydrogens is 550 g/mol. The average molecular weight is 582 g/mol. The number of para-hydroxylation sites is 4. The van der Waals surface area contributed by atoms with Crippen LogP contribution >= 0.6 is 0 Å². The largest absolute Gasteiger partial charge is 0.872 e. The number of phenols is 2. The molecule has 0 saturated carbocycles. The fraction of sp³-hybridized carbons (Fsp3) is 0.250. The molecule has 0 aromatic heterocycles. The molecule has 1 aliphatic heterocycles. The molecule has 0 unspecified atom stereocenters. The molecule has 0 atom stereocenters. The van der Waals surface area contributed by atoms with Gasteiger partial charge in [-0.2, -0.15) is 0 Å². The van der Waals surface area contributed by atoms with Gasteiger partial charge in [0.25, 0.3) is 5.75 Å². The van der Waals surface area contributed by atoms with Crippen molar-refractivity contribution in [1.82, 2.24) is 0 Å². The zero-order chi connectivity index (χ0) is 25.8. The van der Waals surface area contributed by atoms with E-state index in [1.165, 1.54) is 12.8 Å². The predicted molar refractivity (Wildman–Crippen MR) is 149 cm³/mol. The van der Waals surface area contributed by atoms with Gasteiger partial charge in [0.15, 0.2) is 0 Å². The van der Waals surface area contributed by atoms with Crippen molar-refractivity contribution < 1.29 is 25.2 Å². The van der Waals surface area contributed by atoms with Crippen molar-refractivity contribution >= 4 is 58.2 Å². The van der Waals surface area contributed by atoms with Crippen molar-refractivity contribution in [2.45, 2.75) is 38.5 Å². The molecule has 1 saturated heterocycles. The minimum atomic E-state index is -0.0444. The molecule has 8 bridgehead atoms. The number of rotatable bonds is 0. The first kappa shape index (κ1) is 28.8. The Labute approximate surface area is 272 Å². The van der Waals surface area contributed by atoms with E-state index < -0.39 is 0 Å². The molecule has 0 spiro atoms. The molecule has 6 rings (SSSR count). The monoisotopic (exact) mass is 581 g/mol. The summed E-state index contributed by atoms with van der Waals surface area (Å²) in [6.45, 7) is 2.00. The Hall–Kier alpha value is -2.15. The van der Waals surface area contributed by atoms with Gasteiger partial charge in [0.2, 0.25) is 0 Å². The third-order valence-corrected chi connectivity index (χ3v) is 7.17. The molecule has 1 radical (unpaired) electrons. The van der Waals surface area contributed by atoms with E-state index in [1.54, 1.807) is 6.07 Å². The summed E-state index contributed by atoms with van der Waals surface area (Å²) in [5.74, 6) is 0.711. The first-order chi connectivity index (χ1) is 18.0. The van der Waals surface area contributed by atoms with Gasteiger partial charge in [0.1, 0.15) is 11.5 Å². The molecule has 191 valence electrons. The minimum Gasteiger partial charge on any atom is -0.872 e. The van der Waals surface area contributed by atoms with Gasteiger partial charge in [0, 0.05) is 97.1 Å². The molecule has 4 N–H and O–H groups in total. The number of hydrogen-bond donors (Lipinski definition) is 2. The van der Waals surface area contributed by atoms with Crippen LogP contribution in [0, 0.1) is 0 Å². The molecule has 38 heavy (non-hydrogen) atoms. The van der Waals surface area contributed by atoms with Gasteiger partial charge in [-0.1, -0.05) is 71.8 Å². The van der Waals surface area contributed by atoms with Crippen LogP contribution in [0.5, 0.6) is 23.0 Å².